The SMILES string of the molecule is CC(OC(=O)C1CCN(S(C)(=O)=O)CC1)C(=O)Nc1ccc([N+](=O)[O-])cc1Cl. The molecule has 28 heavy (non-hydrogen) atoms. The van der Waals surface area contributed by atoms with E-state index in [9.17, 15) is 28.1 Å². The molecule has 12 heteroatoms. The summed E-state index contributed by atoms with van der Waals surface area (Å²) in [7, 11) is -3.30. The lowest BCUT2D eigenvalue weighted by atomic mass is 9.98. The quantitative estimate of drug-likeness (QED) is 0.410. The normalized spacial score (nSPS) is 17.0. The van der Waals surface area contributed by atoms with Crippen molar-refractivity contribution < 1.29 is 27.7 Å². The van der Waals surface area contributed by atoms with Gasteiger partial charge in [0.1, 0.15) is 0 Å². The molecule has 0 bridgehead atoms. The molecule has 1 atom stereocenters. The molecule has 1 saturated heterocycles. The fourth-order valence-corrected chi connectivity index (χ4v) is 3.80. The molecular weight excluding hydrogens is 414 g/mol. The maximum Gasteiger partial charge on any atom is 0.309 e. The van der Waals surface area contributed by atoms with E-state index in [4.69, 9.17) is 16.3 Å². The lowest BCUT2D eigenvalue weighted by molar-refractivity contribution is -0.384. The van der Waals surface area contributed by atoms with Crippen LogP contribution in [0.3, 0.4) is 0 Å². The highest BCUT2D eigenvalue weighted by molar-refractivity contribution is 7.88. The zero-order chi connectivity index (χ0) is 21.1. The number of ether oxygens (including phenoxy) is 1. The van der Waals surface area contributed by atoms with Crippen LogP contribution in [0.25, 0.3) is 0 Å². The van der Waals surface area contributed by atoms with Crippen LogP contribution in [0.4, 0.5) is 11.4 Å². The Kier molecular flexibility index (Phi) is 6.96. The van der Waals surface area contributed by atoms with Gasteiger partial charge in [-0.1, -0.05) is 11.6 Å². The number of esters is 1. The van der Waals surface area contributed by atoms with Crippen LogP contribution in [0.5, 0.6) is 0 Å². The summed E-state index contributed by atoms with van der Waals surface area (Å²) in [5.41, 5.74) is -0.0652. The van der Waals surface area contributed by atoms with E-state index < -0.39 is 38.8 Å². The predicted molar refractivity (Wildman–Crippen MR) is 101 cm³/mol. The average molecular weight is 434 g/mol. The summed E-state index contributed by atoms with van der Waals surface area (Å²) in [6, 6.07) is 3.57. The molecule has 0 aliphatic carbocycles. The predicted octanol–water partition coefficient (Wildman–Crippen LogP) is 1.79. The maximum atomic E-state index is 12.2. The Balaban J connectivity index is 1.90. The van der Waals surface area contributed by atoms with E-state index in [1.165, 1.54) is 23.4 Å². The third-order valence-electron chi connectivity index (χ3n) is 4.34. The molecule has 10 nitrogen and oxygen atoms in total. The van der Waals surface area contributed by atoms with Crippen molar-refractivity contribution in [1.29, 1.82) is 0 Å². The Morgan fingerprint density at radius 1 is 1.36 bits per heavy atom. The molecule has 1 aliphatic heterocycles. The van der Waals surface area contributed by atoms with E-state index in [-0.39, 0.29) is 29.5 Å². The van der Waals surface area contributed by atoms with Crippen molar-refractivity contribution in [3.63, 3.8) is 0 Å². The van der Waals surface area contributed by atoms with Crippen molar-refractivity contribution in [2.45, 2.75) is 25.9 Å². The number of hydrogen-bond acceptors (Lipinski definition) is 7. The molecule has 1 amide bonds. The van der Waals surface area contributed by atoms with E-state index in [1.54, 1.807) is 0 Å². The second-order valence-electron chi connectivity index (χ2n) is 6.43. The fraction of sp³-hybridized carbons (Fsp3) is 0.500. The smallest absolute Gasteiger partial charge is 0.309 e. The van der Waals surface area contributed by atoms with Gasteiger partial charge in [0.15, 0.2) is 6.10 Å². The fourth-order valence-electron chi connectivity index (χ4n) is 2.70. The van der Waals surface area contributed by atoms with Crippen LogP contribution in [-0.4, -0.2) is 55.0 Å². The molecule has 2 rings (SSSR count). The number of nitrogens with zero attached hydrogens (tertiary/aromatic N) is 2. The molecule has 0 radical (unpaired) electrons. The number of anilines is 1. The zero-order valence-corrected chi connectivity index (χ0v) is 16.8. The number of halogens is 1. The third kappa shape index (κ3) is 5.63. The van der Waals surface area contributed by atoms with Crippen LogP contribution in [-0.2, 0) is 24.3 Å². The molecule has 0 saturated carbocycles. The average Bonchev–Trinajstić information content (AvgIpc) is 2.62. The monoisotopic (exact) mass is 433 g/mol. The largest absolute Gasteiger partial charge is 0.452 e. The van der Waals surface area contributed by atoms with Gasteiger partial charge in [-0.05, 0) is 25.8 Å². The van der Waals surface area contributed by atoms with Gasteiger partial charge in [0, 0.05) is 25.2 Å². The molecule has 1 N–H and O–H groups in total. The molecule has 1 aliphatic rings. The number of amides is 1. The Morgan fingerprint density at radius 2 is 1.96 bits per heavy atom. The van der Waals surface area contributed by atoms with Crippen molar-refractivity contribution in [3.8, 4) is 0 Å². The first kappa shape index (κ1) is 22.1. The Labute approximate surface area is 167 Å². The van der Waals surface area contributed by atoms with E-state index in [0.29, 0.717) is 12.8 Å². The van der Waals surface area contributed by atoms with Crippen molar-refractivity contribution in [2.24, 2.45) is 5.92 Å². The molecule has 0 spiro atoms. The zero-order valence-electron chi connectivity index (χ0n) is 15.3. The van der Waals surface area contributed by atoms with Gasteiger partial charge in [0.05, 0.1) is 27.8 Å². The molecule has 1 heterocycles. The molecule has 154 valence electrons. The number of nitrogens with one attached hydrogen (secondary N) is 1. The summed E-state index contributed by atoms with van der Waals surface area (Å²) < 4.78 is 29.5. The number of hydrogen-bond donors (Lipinski definition) is 1. The summed E-state index contributed by atoms with van der Waals surface area (Å²) in [5, 5.41) is 13.1. The number of non-ortho nitro benzene ring substituents is 1. The minimum atomic E-state index is -3.30. The second kappa shape index (κ2) is 8.84. The minimum absolute atomic E-state index is 0.0192. The summed E-state index contributed by atoms with van der Waals surface area (Å²) in [6.07, 6.45) is 0.622. The number of carbonyl (C=O) groups excluding carboxylic acids is 2. The number of benzene rings is 1. The first-order chi connectivity index (χ1) is 13.0. The molecule has 1 aromatic carbocycles. The summed E-state index contributed by atoms with van der Waals surface area (Å²) >= 11 is 5.92. The Morgan fingerprint density at radius 3 is 2.46 bits per heavy atom. The van der Waals surface area contributed by atoms with Crippen LogP contribution in [0.1, 0.15) is 19.8 Å². The lowest BCUT2D eigenvalue weighted by Gasteiger charge is -2.29. The minimum Gasteiger partial charge on any atom is -0.452 e. The molecule has 1 unspecified atom stereocenters. The van der Waals surface area contributed by atoms with Crippen LogP contribution in [0, 0.1) is 16.0 Å². The van der Waals surface area contributed by atoms with Crippen LogP contribution < -0.4 is 5.32 Å². The Bertz CT molecular complexity index is 882. The van der Waals surface area contributed by atoms with Crippen LogP contribution in [0.15, 0.2) is 18.2 Å². The number of nitro benzene ring substituents is 1. The first-order valence-corrected chi connectivity index (χ1v) is 10.6. The van der Waals surface area contributed by atoms with E-state index >= 15 is 0 Å². The maximum absolute atomic E-state index is 12.2. The van der Waals surface area contributed by atoms with Gasteiger partial charge >= 0.3 is 5.97 Å². The van der Waals surface area contributed by atoms with Gasteiger partial charge in [-0.15, -0.1) is 0 Å². The first-order valence-electron chi connectivity index (χ1n) is 8.39. The van der Waals surface area contributed by atoms with E-state index in [1.807, 2.05) is 0 Å². The standard InChI is InChI=1S/C16H20ClN3O7S/c1-10(15(21)18-14-4-3-12(20(23)24)9-13(14)17)27-16(22)11-5-7-19(8-6-11)28(2,25)26/h3-4,9-11H,5-8H2,1-2H3,(H,18,21). The molecule has 0 aromatic heterocycles. The molecular formula is C16H20ClN3O7S. The van der Waals surface area contributed by atoms with Gasteiger partial charge in [-0.2, -0.15) is 0 Å². The van der Waals surface area contributed by atoms with Gasteiger partial charge in [-0.25, -0.2) is 12.7 Å². The van der Waals surface area contributed by atoms with Crippen molar-refractivity contribution in [2.75, 3.05) is 24.7 Å². The summed E-state index contributed by atoms with van der Waals surface area (Å²) in [5.74, 6) is -1.71. The van der Waals surface area contributed by atoms with E-state index in [2.05, 4.69) is 5.32 Å². The van der Waals surface area contributed by atoms with Crippen molar-refractivity contribution in [1.82, 2.24) is 4.31 Å². The highest BCUT2D eigenvalue weighted by atomic mass is 35.5. The Hall–Kier alpha value is -2.24. The highest BCUT2D eigenvalue weighted by Gasteiger charge is 2.31. The molecule has 1 aromatic rings. The van der Waals surface area contributed by atoms with Gasteiger partial charge < -0.3 is 10.1 Å². The number of nitro groups is 1. The lowest BCUT2D eigenvalue weighted by Crippen LogP contribution is -2.41. The number of carbonyl (C=O) groups is 2. The number of sulfonamides is 1. The topological polar surface area (TPSA) is 136 Å². The summed E-state index contributed by atoms with van der Waals surface area (Å²) in [6.45, 7) is 1.83. The third-order valence-corrected chi connectivity index (χ3v) is 5.96. The van der Waals surface area contributed by atoms with Gasteiger partial charge in [0.2, 0.25) is 10.0 Å². The number of rotatable bonds is 6. The second-order valence-corrected chi connectivity index (χ2v) is 8.82. The highest BCUT2D eigenvalue weighted by Crippen LogP contribution is 2.27. The van der Waals surface area contributed by atoms with Crippen LogP contribution >= 0.6 is 11.6 Å². The van der Waals surface area contributed by atoms with Gasteiger partial charge in [0.25, 0.3) is 11.6 Å². The number of piperidine rings is 1. The van der Waals surface area contributed by atoms with Gasteiger partial charge in [-0.3, -0.25) is 19.7 Å². The molecule has 1 fully saturated rings. The van der Waals surface area contributed by atoms with Crippen molar-refractivity contribution in [3.05, 3.63) is 33.3 Å². The summed E-state index contributed by atoms with van der Waals surface area (Å²) in [4.78, 5) is 34.5. The van der Waals surface area contributed by atoms with E-state index in [0.717, 1.165) is 12.3 Å². The van der Waals surface area contributed by atoms with Crippen LogP contribution in [0.2, 0.25) is 5.02 Å². The van der Waals surface area contributed by atoms with Crippen molar-refractivity contribution >= 4 is 44.9 Å².